The van der Waals surface area contributed by atoms with Gasteiger partial charge in [-0.3, -0.25) is 4.79 Å². The molecule has 2 N–H and O–H groups in total. The molecule has 1 aromatic rings. The van der Waals surface area contributed by atoms with Crippen LogP contribution in [0.5, 0.6) is 0 Å². The number of carbonyl (C=O) groups excluding carboxylic acids is 1. The maximum absolute atomic E-state index is 10.9. The number of nitrogens with two attached hydrogens (primary N) is 1. The van der Waals surface area contributed by atoms with Crippen molar-refractivity contribution >= 4 is 5.91 Å². The largest absolute Gasteiger partial charge is 0.364 e. The van der Waals surface area contributed by atoms with Crippen LogP contribution in [0.25, 0.3) is 0 Å². The number of rotatable bonds is 3. The van der Waals surface area contributed by atoms with E-state index in [0.29, 0.717) is 11.7 Å². The highest BCUT2D eigenvalue weighted by Gasteiger charge is 2.29. The molecule has 1 saturated carbocycles. The third-order valence-electron chi connectivity index (χ3n) is 2.25. The molecule has 13 heavy (non-hydrogen) atoms. The molecule has 0 aliphatic heterocycles. The molecule has 2 rings (SSSR count). The first-order valence-corrected chi connectivity index (χ1v) is 4.48. The molecule has 1 heterocycles. The summed E-state index contributed by atoms with van der Waals surface area (Å²) in [5, 5.41) is 7.72. The van der Waals surface area contributed by atoms with Crippen molar-refractivity contribution in [3.8, 4) is 0 Å². The quantitative estimate of drug-likeness (QED) is 0.725. The lowest BCUT2D eigenvalue weighted by Gasteiger charge is -2.01. The summed E-state index contributed by atoms with van der Waals surface area (Å²) in [6, 6.07) is 0.454. The maximum atomic E-state index is 10.9. The van der Waals surface area contributed by atoms with Crippen molar-refractivity contribution < 1.29 is 4.79 Å². The summed E-state index contributed by atoms with van der Waals surface area (Å²) < 4.78 is 1.83. The van der Waals surface area contributed by atoms with Crippen LogP contribution in [0, 0.1) is 0 Å². The minimum absolute atomic E-state index is 0.328. The van der Waals surface area contributed by atoms with E-state index < -0.39 is 5.91 Å². The van der Waals surface area contributed by atoms with Crippen molar-refractivity contribution in [3.05, 3.63) is 11.4 Å². The van der Waals surface area contributed by atoms with E-state index in [1.54, 1.807) is 0 Å². The standard InChI is InChI=1S/C8H12N4O/c1-2-6-7(8(9)13)10-11-12(6)5-3-4-5/h5H,2-4H2,1H3,(H2,9,13). The summed E-state index contributed by atoms with van der Waals surface area (Å²) in [4.78, 5) is 10.9. The van der Waals surface area contributed by atoms with Gasteiger partial charge in [0.2, 0.25) is 0 Å². The minimum Gasteiger partial charge on any atom is -0.364 e. The molecule has 1 amide bonds. The van der Waals surface area contributed by atoms with Crippen molar-refractivity contribution in [2.24, 2.45) is 5.73 Å². The zero-order valence-corrected chi connectivity index (χ0v) is 7.53. The number of hydrogen-bond donors (Lipinski definition) is 1. The minimum atomic E-state index is -0.483. The number of nitrogens with zero attached hydrogens (tertiary/aromatic N) is 3. The van der Waals surface area contributed by atoms with E-state index in [-0.39, 0.29) is 0 Å². The molecule has 0 aromatic carbocycles. The van der Waals surface area contributed by atoms with Crippen molar-refractivity contribution in [3.63, 3.8) is 0 Å². The first kappa shape index (κ1) is 8.22. The number of primary amides is 1. The zero-order valence-electron chi connectivity index (χ0n) is 7.53. The van der Waals surface area contributed by atoms with Gasteiger partial charge in [0.1, 0.15) is 0 Å². The van der Waals surface area contributed by atoms with E-state index in [1.165, 1.54) is 0 Å². The van der Waals surface area contributed by atoms with Crippen LogP contribution >= 0.6 is 0 Å². The molecule has 0 radical (unpaired) electrons. The lowest BCUT2D eigenvalue weighted by atomic mass is 10.2. The van der Waals surface area contributed by atoms with E-state index in [1.807, 2.05) is 11.6 Å². The zero-order chi connectivity index (χ0) is 9.42. The molecule has 1 aromatic heterocycles. The second kappa shape index (κ2) is 2.83. The van der Waals surface area contributed by atoms with Crippen LogP contribution in [0.15, 0.2) is 0 Å². The van der Waals surface area contributed by atoms with Crippen LogP contribution in [0.2, 0.25) is 0 Å². The Morgan fingerprint density at radius 1 is 1.69 bits per heavy atom. The fourth-order valence-electron chi connectivity index (χ4n) is 1.45. The number of aromatic nitrogens is 3. The van der Waals surface area contributed by atoms with Crippen LogP contribution in [-0.4, -0.2) is 20.9 Å². The summed E-state index contributed by atoms with van der Waals surface area (Å²) in [6.45, 7) is 1.98. The highest BCUT2D eigenvalue weighted by atomic mass is 16.1. The van der Waals surface area contributed by atoms with Gasteiger partial charge in [-0.1, -0.05) is 12.1 Å². The second-order valence-corrected chi connectivity index (χ2v) is 3.28. The Morgan fingerprint density at radius 2 is 2.38 bits per heavy atom. The molecular weight excluding hydrogens is 168 g/mol. The topological polar surface area (TPSA) is 73.8 Å². The Hall–Kier alpha value is -1.39. The average molecular weight is 180 g/mol. The molecule has 70 valence electrons. The summed E-state index contributed by atoms with van der Waals surface area (Å²) in [7, 11) is 0. The molecule has 0 saturated heterocycles. The summed E-state index contributed by atoms with van der Waals surface area (Å²) in [5.74, 6) is -0.483. The van der Waals surface area contributed by atoms with Crippen LogP contribution in [-0.2, 0) is 6.42 Å². The van der Waals surface area contributed by atoms with Crippen molar-refractivity contribution in [1.29, 1.82) is 0 Å². The van der Waals surface area contributed by atoms with Crippen LogP contribution in [0.4, 0.5) is 0 Å². The van der Waals surface area contributed by atoms with Gasteiger partial charge >= 0.3 is 0 Å². The van der Waals surface area contributed by atoms with E-state index in [9.17, 15) is 4.79 Å². The SMILES string of the molecule is CCc1c(C(N)=O)nnn1C1CC1. The van der Waals surface area contributed by atoms with Gasteiger partial charge in [-0.15, -0.1) is 5.10 Å². The lowest BCUT2D eigenvalue weighted by molar-refractivity contribution is 0.0994. The molecule has 5 nitrogen and oxygen atoms in total. The second-order valence-electron chi connectivity index (χ2n) is 3.28. The monoisotopic (exact) mass is 180 g/mol. The lowest BCUT2D eigenvalue weighted by Crippen LogP contribution is -2.14. The third kappa shape index (κ3) is 1.30. The summed E-state index contributed by atoms with van der Waals surface area (Å²) in [5.41, 5.74) is 6.37. The molecule has 5 heteroatoms. The molecule has 1 aliphatic carbocycles. The van der Waals surface area contributed by atoms with Crippen LogP contribution in [0.3, 0.4) is 0 Å². The van der Waals surface area contributed by atoms with Gasteiger partial charge in [0, 0.05) is 0 Å². The Labute approximate surface area is 75.9 Å². The number of hydrogen-bond acceptors (Lipinski definition) is 3. The molecule has 1 aliphatic rings. The Morgan fingerprint density at radius 3 is 2.85 bits per heavy atom. The highest BCUT2D eigenvalue weighted by Crippen LogP contribution is 2.35. The molecule has 0 unspecified atom stereocenters. The van der Waals surface area contributed by atoms with Gasteiger partial charge in [-0.2, -0.15) is 0 Å². The van der Waals surface area contributed by atoms with Gasteiger partial charge in [-0.25, -0.2) is 4.68 Å². The van der Waals surface area contributed by atoms with Crippen LogP contribution < -0.4 is 5.73 Å². The van der Waals surface area contributed by atoms with E-state index in [4.69, 9.17) is 5.73 Å². The molecule has 0 spiro atoms. The normalized spacial score (nSPS) is 16.1. The molecular formula is C8H12N4O. The van der Waals surface area contributed by atoms with E-state index >= 15 is 0 Å². The Kier molecular flexibility index (Phi) is 1.79. The summed E-state index contributed by atoms with van der Waals surface area (Å²) >= 11 is 0. The third-order valence-corrected chi connectivity index (χ3v) is 2.25. The van der Waals surface area contributed by atoms with Crippen LogP contribution in [0.1, 0.15) is 42.0 Å². The maximum Gasteiger partial charge on any atom is 0.271 e. The number of amides is 1. The fourth-order valence-corrected chi connectivity index (χ4v) is 1.45. The predicted octanol–water partition coefficient (Wildman–Crippen LogP) is 0.274. The van der Waals surface area contributed by atoms with Gasteiger partial charge in [-0.05, 0) is 19.3 Å². The highest BCUT2D eigenvalue weighted by molar-refractivity contribution is 5.91. The Bertz CT molecular complexity index is 340. The van der Waals surface area contributed by atoms with Gasteiger partial charge in [0.15, 0.2) is 5.69 Å². The van der Waals surface area contributed by atoms with Gasteiger partial charge in [0.05, 0.1) is 11.7 Å². The number of carbonyl (C=O) groups is 1. The molecule has 0 bridgehead atoms. The Balaban J connectivity index is 2.41. The predicted molar refractivity (Wildman–Crippen MR) is 46.2 cm³/mol. The average Bonchev–Trinajstić information content (AvgIpc) is 2.84. The van der Waals surface area contributed by atoms with Crippen molar-refractivity contribution in [2.45, 2.75) is 32.2 Å². The van der Waals surface area contributed by atoms with Gasteiger partial charge in [0.25, 0.3) is 5.91 Å². The summed E-state index contributed by atoms with van der Waals surface area (Å²) in [6.07, 6.45) is 3.02. The van der Waals surface area contributed by atoms with Crippen molar-refractivity contribution in [1.82, 2.24) is 15.0 Å². The molecule has 1 fully saturated rings. The van der Waals surface area contributed by atoms with E-state index in [0.717, 1.165) is 25.0 Å². The van der Waals surface area contributed by atoms with E-state index in [2.05, 4.69) is 10.3 Å². The van der Waals surface area contributed by atoms with Crippen molar-refractivity contribution in [2.75, 3.05) is 0 Å². The smallest absolute Gasteiger partial charge is 0.271 e. The van der Waals surface area contributed by atoms with Gasteiger partial charge < -0.3 is 5.73 Å². The first-order valence-electron chi connectivity index (χ1n) is 4.48. The molecule has 0 atom stereocenters. The first-order chi connectivity index (χ1) is 6.24. The fraction of sp³-hybridized carbons (Fsp3) is 0.625.